The Hall–Kier alpha value is -0.390. The van der Waals surface area contributed by atoms with Crippen LogP contribution in [0, 0.1) is 0 Å². The van der Waals surface area contributed by atoms with E-state index in [1.807, 2.05) is 0 Å². The molecule has 0 amide bonds. The van der Waals surface area contributed by atoms with Gasteiger partial charge in [0.25, 0.3) is 0 Å². The van der Waals surface area contributed by atoms with Gasteiger partial charge in [-0.15, -0.1) is 0 Å². The summed E-state index contributed by atoms with van der Waals surface area (Å²) in [6, 6.07) is 0. The molecule has 0 unspecified atom stereocenters. The molecule has 0 aromatic rings. The third-order valence-corrected chi connectivity index (χ3v) is 3.58. The number of rotatable bonds is 8. The number of hydrogen-bond acceptors (Lipinski definition) is 4. The van der Waals surface area contributed by atoms with Gasteiger partial charge in [0.05, 0.1) is 5.75 Å². The summed E-state index contributed by atoms with van der Waals surface area (Å²) in [4.78, 5) is 2.16. The molecular formula is C10H22N2O2S. The maximum Gasteiger partial charge on any atom is 0.172 e. The van der Waals surface area contributed by atoms with Crippen molar-refractivity contribution in [3.05, 3.63) is 11.5 Å². The standard InChI is InChI=1S/C10H22N2O2S/c1-4-12(5-2)8-6-9-15(13,14)10-7-11-3/h6,9,11H,4-5,7-8,10H2,1-3H3/b9-6+. The topological polar surface area (TPSA) is 49.4 Å². The molecule has 0 aliphatic carbocycles. The maximum absolute atomic E-state index is 11.4. The number of hydrogen-bond donors (Lipinski definition) is 1. The molecule has 0 fully saturated rings. The normalized spacial score (nSPS) is 12.8. The molecule has 5 heteroatoms. The minimum Gasteiger partial charge on any atom is -0.319 e. The second kappa shape index (κ2) is 7.84. The van der Waals surface area contributed by atoms with E-state index in [0.717, 1.165) is 13.1 Å². The van der Waals surface area contributed by atoms with E-state index in [4.69, 9.17) is 0 Å². The van der Waals surface area contributed by atoms with Crippen LogP contribution in [0.3, 0.4) is 0 Å². The number of likely N-dealkylation sites (N-methyl/N-ethyl adjacent to an activating group) is 1. The van der Waals surface area contributed by atoms with Gasteiger partial charge in [0.2, 0.25) is 0 Å². The molecule has 1 N–H and O–H groups in total. The van der Waals surface area contributed by atoms with Gasteiger partial charge in [0, 0.05) is 18.5 Å². The monoisotopic (exact) mass is 234 g/mol. The molecule has 0 spiro atoms. The van der Waals surface area contributed by atoms with Gasteiger partial charge in [-0.3, -0.25) is 0 Å². The molecule has 4 nitrogen and oxygen atoms in total. The fourth-order valence-electron chi connectivity index (χ4n) is 1.13. The first-order valence-electron chi connectivity index (χ1n) is 5.32. The van der Waals surface area contributed by atoms with Gasteiger partial charge in [-0.2, -0.15) is 0 Å². The van der Waals surface area contributed by atoms with E-state index in [1.165, 1.54) is 5.41 Å². The van der Waals surface area contributed by atoms with Crippen molar-refractivity contribution in [2.24, 2.45) is 0 Å². The Labute approximate surface area is 93.3 Å². The van der Waals surface area contributed by atoms with Gasteiger partial charge >= 0.3 is 0 Å². The van der Waals surface area contributed by atoms with Gasteiger partial charge in [-0.05, 0) is 20.1 Å². The lowest BCUT2D eigenvalue weighted by Gasteiger charge is -2.14. The molecule has 0 saturated carbocycles. The molecule has 0 aliphatic heterocycles. The lowest BCUT2D eigenvalue weighted by molar-refractivity contribution is 0.337. The Morgan fingerprint density at radius 2 is 1.87 bits per heavy atom. The quantitative estimate of drug-likeness (QED) is 0.663. The van der Waals surface area contributed by atoms with Gasteiger partial charge in [-0.1, -0.05) is 19.9 Å². The van der Waals surface area contributed by atoms with E-state index >= 15 is 0 Å². The van der Waals surface area contributed by atoms with Crippen molar-refractivity contribution in [3.63, 3.8) is 0 Å². The molecule has 0 rings (SSSR count). The van der Waals surface area contributed by atoms with Crippen molar-refractivity contribution in [2.45, 2.75) is 13.8 Å². The lowest BCUT2D eigenvalue weighted by atomic mass is 10.5. The first-order chi connectivity index (χ1) is 7.05. The molecule has 0 aromatic heterocycles. The van der Waals surface area contributed by atoms with Gasteiger partial charge in [0.1, 0.15) is 0 Å². The minimum absolute atomic E-state index is 0.165. The average molecular weight is 234 g/mol. The van der Waals surface area contributed by atoms with Crippen molar-refractivity contribution < 1.29 is 8.42 Å². The Morgan fingerprint density at radius 1 is 1.27 bits per heavy atom. The minimum atomic E-state index is -3.03. The zero-order valence-electron chi connectivity index (χ0n) is 9.86. The van der Waals surface area contributed by atoms with Crippen LogP contribution in [0.2, 0.25) is 0 Å². The van der Waals surface area contributed by atoms with Crippen LogP contribution in [-0.2, 0) is 9.84 Å². The van der Waals surface area contributed by atoms with E-state index < -0.39 is 9.84 Å². The van der Waals surface area contributed by atoms with Crippen LogP contribution in [0.5, 0.6) is 0 Å². The van der Waals surface area contributed by atoms with Crippen LogP contribution < -0.4 is 5.32 Å². The largest absolute Gasteiger partial charge is 0.319 e. The highest BCUT2D eigenvalue weighted by Gasteiger charge is 2.04. The summed E-state index contributed by atoms with van der Waals surface area (Å²) in [5.74, 6) is 0.165. The van der Waals surface area contributed by atoms with E-state index in [1.54, 1.807) is 13.1 Å². The third-order valence-electron chi connectivity index (χ3n) is 2.20. The van der Waals surface area contributed by atoms with Crippen molar-refractivity contribution in [1.82, 2.24) is 10.2 Å². The molecule has 0 aromatic carbocycles. The zero-order chi connectivity index (χ0) is 11.7. The maximum atomic E-state index is 11.4. The van der Waals surface area contributed by atoms with E-state index in [9.17, 15) is 8.42 Å². The number of sulfone groups is 1. The summed E-state index contributed by atoms with van der Waals surface area (Å²) in [5.41, 5.74) is 0. The molecule has 0 radical (unpaired) electrons. The summed E-state index contributed by atoms with van der Waals surface area (Å²) in [6.45, 7) is 7.21. The van der Waals surface area contributed by atoms with Crippen LogP contribution in [-0.4, -0.2) is 52.3 Å². The van der Waals surface area contributed by atoms with Crippen LogP contribution >= 0.6 is 0 Å². The van der Waals surface area contributed by atoms with Crippen LogP contribution in [0.1, 0.15) is 13.8 Å². The summed E-state index contributed by atoms with van der Waals surface area (Å²) in [7, 11) is -1.28. The molecule has 0 saturated heterocycles. The Morgan fingerprint density at radius 3 is 2.33 bits per heavy atom. The van der Waals surface area contributed by atoms with Crippen molar-refractivity contribution in [1.29, 1.82) is 0 Å². The highest BCUT2D eigenvalue weighted by Crippen LogP contribution is 1.94. The van der Waals surface area contributed by atoms with Gasteiger partial charge < -0.3 is 10.2 Å². The van der Waals surface area contributed by atoms with Crippen LogP contribution in [0.4, 0.5) is 0 Å². The number of nitrogens with zero attached hydrogens (tertiary/aromatic N) is 1. The third kappa shape index (κ3) is 7.53. The Bertz CT molecular complexity index is 269. The molecule has 0 heterocycles. The smallest absolute Gasteiger partial charge is 0.172 e. The predicted molar refractivity (Wildman–Crippen MR) is 64.6 cm³/mol. The number of nitrogens with one attached hydrogen (secondary N) is 1. The molecular weight excluding hydrogens is 212 g/mol. The van der Waals surface area contributed by atoms with Gasteiger partial charge in [-0.25, -0.2) is 8.42 Å². The predicted octanol–water partition coefficient (Wildman–Crippen LogP) is 0.476. The Balaban J connectivity index is 4.04. The fraction of sp³-hybridized carbons (Fsp3) is 0.800. The molecule has 15 heavy (non-hydrogen) atoms. The molecule has 0 atom stereocenters. The van der Waals surface area contributed by atoms with E-state index in [-0.39, 0.29) is 5.75 Å². The van der Waals surface area contributed by atoms with E-state index in [2.05, 4.69) is 24.1 Å². The van der Waals surface area contributed by atoms with Crippen LogP contribution in [0.15, 0.2) is 11.5 Å². The fourth-order valence-corrected chi connectivity index (χ4v) is 2.14. The SMILES string of the molecule is CCN(CC)C/C=C/S(=O)(=O)CCNC. The molecule has 90 valence electrons. The summed E-state index contributed by atoms with van der Waals surface area (Å²) >= 11 is 0. The zero-order valence-corrected chi connectivity index (χ0v) is 10.7. The summed E-state index contributed by atoms with van der Waals surface area (Å²) in [5, 5.41) is 4.14. The first-order valence-corrected chi connectivity index (χ1v) is 7.03. The average Bonchev–Trinajstić information content (AvgIpc) is 2.22. The molecule has 0 aliphatic rings. The summed E-state index contributed by atoms with van der Waals surface area (Å²) < 4.78 is 22.8. The second-order valence-corrected chi connectivity index (χ2v) is 5.33. The molecule has 0 bridgehead atoms. The first kappa shape index (κ1) is 14.6. The highest BCUT2D eigenvalue weighted by atomic mass is 32.2. The van der Waals surface area contributed by atoms with E-state index in [0.29, 0.717) is 13.1 Å². The van der Waals surface area contributed by atoms with Crippen molar-refractivity contribution in [3.8, 4) is 0 Å². The van der Waals surface area contributed by atoms with Crippen molar-refractivity contribution >= 4 is 9.84 Å². The van der Waals surface area contributed by atoms with Crippen LogP contribution in [0.25, 0.3) is 0 Å². The highest BCUT2D eigenvalue weighted by molar-refractivity contribution is 7.94. The summed E-state index contributed by atoms with van der Waals surface area (Å²) in [6.07, 6.45) is 1.72. The lowest BCUT2D eigenvalue weighted by Crippen LogP contribution is -2.23. The Kier molecular flexibility index (Phi) is 7.64. The van der Waals surface area contributed by atoms with Crippen molar-refractivity contribution in [2.75, 3.05) is 39.0 Å². The second-order valence-electron chi connectivity index (χ2n) is 3.33. The van der Waals surface area contributed by atoms with Gasteiger partial charge in [0.15, 0.2) is 9.84 Å².